The molecule has 6 nitrogen and oxygen atoms in total. The highest BCUT2D eigenvalue weighted by molar-refractivity contribution is 6.32. The van der Waals surface area contributed by atoms with Gasteiger partial charge in [-0.25, -0.2) is 4.98 Å². The summed E-state index contributed by atoms with van der Waals surface area (Å²) in [5.74, 6) is 6.13. The highest BCUT2D eigenvalue weighted by atomic mass is 35.5. The van der Waals surface area contributed by atoms with Crippen molar-refractivity contribution in [3.63, 3.8) is 0 Å². The predicted molar refractivity (Wildman–Crippen MR) is 111 cm³/mol. The predicted octanol–water partition coefficient (Wildman–Crippen LogP) is 3.69. The van der Waals surface area contributed by atoms with Gasteiger partial charge in [0.25, 0.3) is 0 Å². The van der Waals surface area contributed by atoms with Crippen LogP contribution in [0.25, 0.3) is 10.9 Å². The number of ether oxygens (including phenoxy) is 1. The van der Waals surface area contributed by atoms with E-state index in [1.54, 1.807) is 13.2 Å². The number of aromatic nitrogens is 2. The van der Waals surface area contributed by atoms with E-state index in [4.69, 9.17) is 27.9 Å². The quantitative estimate of drug-likeness (QED) is 0.276. The zero-order valence-electron chi connectivity index (χ0n) is 15.9. The van der Waals surface area contributed by atoms with Crippen molar-refractivity contribution in [3.8, 4) is 5.75 Å². The second-order valence-electron chi connectivity index (χ2n) is 7.47. The second kappa shape index (κ2) is 7.12. The molecule has 3 rings (SSSR count). The lowest BCUT2D eigenvalue weighted by atomic mass is 9.87. The lowest BCUT2D eigenvalue weighted by Crippen LogP contribution is -2.18. The Balaban J connectivity index is 2.16. The third kappa shape index (κ3) is 3.71. The normalized spacial score (nSPS) is 12.6. The van der Waals surface area contributed by atoms with Gasteiger partial charge < -0.3 is 21.3 Å². The Kier molecular flexibility index (Phi) is 5.02. The minimum atomic E-state index is -0.0799. The molecule has 0 aliphatic heterocycles. The molecule has 0 amide bonds. The highest BCUT2D eigenvalue weighted by Crippen LogP contribution is 2.37. The smallest absolute Gasteiger partial charge is 0.168 e. The van der Waals surface area contributed by atoms with Gasteiger partial charge in [0.1, 0.15) is 11.4 Å². The van der Waals surface area contributed by atoms with E-state index < -0.39 is 0 Å². The summed E-state index contributed by atoms with van der Waals surface area (Å²) in [6.07, 6.45) is 0.626. The van der Waals surface area contributed by atoms with E-state index in [9.17, 15) is 0 Å². The molecule has 1 aromatic carbocycles. The number of H-pyrrole nitrogens is 1. The van der Waals surface area contributed by atoms with E-state index in [0.717, 1.165) is 27.9 Å². The summed E-state index contributed by atoms with van der Waals surface area (Å²) >= 11 is 6.39. The number of nitrogens with one attached hydrogen (secondary N) is 1. The van der Waals surface area contributed by atoms with Crippen LogP contribution in [0.15, 0.2) is 35.4 Å². The number of nitrogens with zero attached hydrogens (tertiary/aromatic N) is 2. The van der Waals surface area contributed by atoms with Gasteiger partial charge in [-0.3, -0.25) is 0 Å². The Bertz CT molecular complexity index is 1020. The van der Waals surface area contributed by atoms with E-state index in [2.05, 4.69) is 35.8 Å². The summed E-state index contributed by atoms with van der Waals surface area (Å²) in [5.41, 5.74) is 10.4. The number of methoxy groups -OCH3 is 1. The first-order valence-corrected chi connectivity index (χ1v) is 9.00. The van der Waals surface area contributed by atoms with Gasteiger partial charge >= 0.3 is 0 Å². The molecule has 0 aliphatic carbocycles. The zero-order chi connectivity index (χ0) is 19.8. The highest BCUT2D eigenvalue weighted by Gasteiger charge is 2.24. The van der Waals surface area contributed by atoms with Crippen LogP contribution in [-0.4, -0.2) is 22.9 Å². The van der Waals surface area contributed by atoms with Crippen LogP contribution in [-0.2, 0) is 11.8 Å². The maximum absolute atomic E-state index is 6.39. The Labute approximate surface area is 163 Å². The molecule has 0 aliphatic rings. The first-order valence-electron chi connectivity index (χ1n) is 8.62. The lowest BCUT2D eigenvalue weighted by molar-refractivity contribution is 0.415. The molecule has 0 saturated carbocycles. The Morgan fingerprint density at radius 3 is 2.67 bits per heavy atom. The maximum atomic E-state index is 6.39. The van der Waals surface area contributed by atoms with E-state index in [1.165, 1.54) is 0 Å². The fourth-order valence-electron chi connectivity index (χ4n) is 3.20. The maximum Gasteiger partial charge on any atom is 0.168 e. The van der Waals surface area contributed by atoms with Gasteiger partial charge in [-0.05, 0) is 23.8 Å². The standard InChI is InChI=1S/C20H24ClN5O/c1-20(2,3)18-13(8-11-6-5-7-15(24-11)19(22)26-23)12-9-14(21)17(27-4)10-16(12)25-18/h5-7,9-10,25H,8,23H2,1-4H3,(H2,22,26). The van der Waals surface area contributed by atoms with Gasteiger partial charge in [-0.15, -0.1) is 0 Å². The van der Waals surface area contributed by atoms with E-state index in [0.29, 0.717) is 22.9 Å². The number of benzene rings is 1. The second-order valence-corrected chi connectivity index (χ2v) is 7.87. The van der Waals surface area contributed by atoms with Crippen LogP contribution in [0.3, 0.4) is 0 Å². The number of nitrogens with two attached hydrogens (primary N) is 2. The number of hydrogen-bond donors (Lipinski definition) is 3. The number of fused-ring (bicyclic) bond motifs is 1. The van der Waals surface area contributed by atoms with Crippen LogP contribution < -0.4 is 16.3 Å². The van der Waals surface area contributed by atoms with Gasteiger partial charge in [-0.1, -0.05) is 38.4 Å². The summed E-state index contributed by atoms with van der Waals surface area (Å²) < 4.78 is 5.36. The molecule has 2 aromatic heterocycles. The van der Waals surface area contributed by atoms with Crippen molar-refractivity contribution < 1.29 is 4.74 Å². The van der Waals surface area contributed by atoms with Crippen LogP contribution >= 0.6 is 11.6 Å². The van der Waals surface area contributed by atoms with Gasteiger partial charge in [-0.2, -0.15) is 5.10 Å². The molecule has 2 heterocycles. The molecule has 5 N–H and O–H groups in total. The van der Waals surface area contributed by atoms with E-state index in [-0.39, 0.29) is 11.3 Å². The topological polar surface area (TPSA) is 102 Å². The summed E-state index contributed by atoms with van der Waals surface area (Å²) in [5, 5.41) is 5.16. The third-order valence-electron chi connectivity index (χ3n) is 4.49. The fraction of sp³-hybridized carbons (Fsp3) is 0.300. The van der Waals surface area contributed by atoms with Crippen LogP contribution in [0.5, 0.6) is 5.75 Å². The van der Waals surface area contributed by atoms with Crippen molar-refractivity contribution >= 4 is 28.3 Å². The number of amidine groups is 1. The molecular weight excluding hydrogens is 362 g/mol. The summed E-state index contributed by atoms with van der Waals surface area (Å²) in [4.78, 5) is 8.14. The van der Waals surface area contributed by atoms with E-state index in [1.807, 2.05) is 24.3 Å². The molecular formula is C20H24ClN5O. The Hall–Kier alpha value is -2.73. The average molecular weight is 386 g/mol. The third-order valence-corrected chi connectivity index (χ3v) is 4.79. The molecule has 0 atom stereocenters. The fourth-order valence-corrected chi connectivity index (χ4v) is 3.44. The largest absolute Gasteiger partial charge is 0.495 e. The van der Waals surface area contributed by atoms with Crippen molar-refractivity contribution in [2.75, 3.05) is 7.11 Å². The van der Waals surface area contributed by atoms with Crippen molar-refractivity contribution in [3.05, 3.63) is 58.0 Å². The molecule has 0 fully saturated rings. The van der Waals surface area contributed by atoms with Crippen LogP contribution in [0.2, 0.25) is 5.02 Å². The lowest BCUT2D eigenvalue weighted by Gasteiger charge is -2.19. The Morgan fingerprint density at radius 2 is 2.04 bits per heavy atom. The van der Waals surface area contributed by atoms with Crippen molar-refractivity contribution in [1.82, 2.24) is 9.97 Å². The van der Waals surface area contributed by atoms with Crippen molar-refractivity contribution in [1.29, 1.82) is 0 Å². The average Bonchev–Trinajstić information content (AvgIpc) is 2.98. The summed E-state index contributed by atoms with van der Waals surface area (Å²) in [6, 6.07) is 9.52. The molecule has 142 valence electrons. The number of halogens is 1. The number of rotatable bonds is 4. The van der Waals surface area contributed by atoms with Crippen LogP contribution in [0.1, 0.15) is 43.4 Å². The van der Waals surface area contributed by atoms with Gasteiger partial charge in [0.2, 0.25) is 0 Å². The molecule has 27 heavy (non-hydrogen) atoms. The first kappa shape index (κ1) is 19.0. The number of hydrogen-bond acceptors (Lipinski definition) is 4. The van der Waals surface area contributed by atoms with Crippen molar-refractivity contribution in [2.24, 2.45) is 16.7 Å². The number of hydrazone groups is 1. The van der Waals surface area contributed by atoms with Crippen molar-refractivity contribution in [2.45, 2.75) is 32.6 Å². The summed E-state index contributed by atoms with van der Waals surface area (Å²) in [6.45, 7) is 6.51. The van der Waals surface area contributed by atoms with E-state index >= 15 is 0 Å². The number of pyridine rings is 1. The molecule has 0 bridgehead atoms. The molecule has 0 unspecified atom stereocenters. The van der Waals surface area contributed by atoms with Crippen LogP contribution in [0, 0.1) is 0 Å². The molecule has 0 spiro atoms. The minimum absolute atomic E-state index is 0.0799. The molecule has 0 saturated heterocycles. The van der Waals surface area contributed by atoms with Gasteiger partial charge in [0.15, 0.2) is 5.84 Å². The Morgan fingerprint density at radius 1 is 1.30 bits per heavy atom. The van der Waals surface area contributed by atoms with Gasteiger partial charge in [0, 0.05) is 40.2 Å². The monoisotopic (exact) mass is 385 g/mol. The SMILES string of the molecule is COc1cc2[nH]c(C(C)(C)C)c(Cc3cccc(/C(N)=N/N)n3)c2cc1Cl. The first-order chi connectivity index (χ1) is 12.7. The van der Waals surface area contributed by atoms with Gasteiger partial charge in [0.05, 0.1) is 12.1 Å². The minimum Gasteiger partial charge on any atom is -0.495 e. The molecule has 7 heteroatoms. The molecule has 0 radical (unpaired) electrons. The molecule has 3 aromatic rings. The van der Waals surface area contributed by atoms with Crippen LogP contribution in [0.4, 0.5) is 0 Å². The summed E-state index contributed by atoms with van der Waals surface area (Å²) in [7, 11) is 1.61. The number of aromatic amines is 1. The zero-order valence-corrected chi connectivity index (χ0v) is 16.7.